The molecule has 2 unspecified atom stereocenters. The van der Waals surface area contributed by atoms with Crippen LogP contribution in [0.4, 0.5) is 8.78 Å². The number of benzene rings is 1. The summed E-state index contributed by atoms with van der Waals surface area (Å²) in [7, 11) is 1.73. The molecule has 0 bridgehead atoms. The van der Waals surface area contributed by atoms with E-state index in [9.17, 15) is 13.6 Å². The van der Waals surface area contributed by atoms with Gasteiger partial charge in [0.2, 0.25) is 5.91 Å². The van der Waals surface area contributed by atoms with Crippen LogP contribution in [-0.4, -0.2) is 36.6 Å². The molecule has 7 heteroatoms. The minimum atomic E-state index is -2.92. The van der Waals surface area contributed by atoms with Gasteiger partial charge in [-0.2, -0.15) is 8.78 Å². The van der Waals surface area contributed by atoms with E-state index in [4.69, 9.17) is 10.5 Å². The number of nitrogens with zero attached hydrogens (tertiary/aromatic N) is 1. The molecule has 0 saturated heterocycles. The highest BCUT2D eigenvalue weighted by atomic mass is 19.3. The van der Waals surface area contributed by atoms with Crippen molar-refractivity contribution in [2.45, 2.75) is 58.2 Å². The first-order chi connectivity index (χ1) is 12.2. The molecule has 1 fully saturated rings. The van der Waals surface area contributed by atoms with Gasteiger partial charge in [-0.25, -0.2) is 0 Å². The van der Waals surface area contributed by atoms with E-state index in [0.717, 1.165) is 31.2 Å². The maximum absolute atomic E-state index is 12.8. The smallest absolute Gasteiger partial charge is 0.387 e. The second kappa shape index (κ2) is 8.66. The van der Waals surface area contributed by atoms with Crippen molar-refractivity contribution >= 4 is 5.91 Å². The van der Waals surface area contributed by atoms with Gasteiger partial charge >= 0.3 is 6.61 Å². The van der Waals surface area contributed by atoms with Crippen LogP contribution in [-0.2, 0) is 11.3 Å². The Balaban J connectivity index is 2.11. The number of hydrogen-bond donors (Lipinski definition) is 1. The molecule has 2 atom stereocenters. The summed E-state index contributed by atoms with van der Waals surface area (Å²) in [5, 5.41) is 0. The molecule has 0 aliphatic heterocycles. The zero-order valence-electron chi connectivity index (χ0n) is 15.6. The van der Waals surface area contributed by atoms with E-state index >= 15 is 0 Å². The van der Waals surface area contributed by atoms with Gasteiger partial charge in [0.1, 0.15) is 0 Å². The molecule has 2 N–H and O–H groups in total. The fourth-order valence-electron chi connectivity index (χ4n) is 3.49. The Morgan fingerprint density at radius 3 is 2.73 bits per heavy atom. The quantitative estimate of drug-likeness (QED) is 0.797. The van der Waals surface area contributed by atoms with Gasteiger partial charge in [-0.3, -0.25) is 4.79 Å². The Morgan fingerprint density at radius 2 is 2.12 bits per heavy atom. The van der Waals surface area contributed by atoms with Gasteiger partial charge in [0.25, 0.3) is 0 Å². The maximum Gasteiger partial charge on any atom is 0.387 e. The number of rotatable bonds is 7. The SMILES string of the molecule is CCOc1cc(CN(C)C(=O)C2CCCCC2(C)N)ccc1OC(F)F. The highest BCUT2D eigenvalue weighted by molar-refractivity contribution is 5.80. The van der Waals surface area contributed by atoms with Crippen LogP contribution >= 0.6 is 0 Å². The summed E-state index contributed by atoms with van der Waals surface area (Å²) < 4.78 is 34.8. The van der Waals surface area contributed by atoms with Gasteiger partial charge in [-0.15, -0.1) is 0 Å². The predicted molar refractivity (Wildman–Crippen MR) is 95.3 cm³/mol. The van der Waals surface area contributed by atoms with E-state index in [1.807, 2.05) is 6.92 Å². The van der Waals surface area contributed by atoms with Gasteiger partial charge in [0.15, 0.2) is 11.5 Å². The normalized spacial score (nSPS) is 23.0. The van der Waals surface area contributed by atoms with Crippen molar-refractivity contribution in [2.75, 3.05) is 13.7 Å². The van der Waals surface area contributed by atoms with Gasteiger partial charge in [0, 0.05) is 19.1 Å². The van der Waals surface area contributed by atoms with Gasteiger partial charge in [-0.05, 0) is 44.4 Å². The van der Waals surface area contributed by atoms with E-state index < -0.39 is 12.2 Å². The second-order valence-corrected chi connectivity index (χ2v) is 7.09. The van der Waals surface area contributed by atoms with Crippen LogP contribution in [0.2, 0.25) is 0 Å². The van der Waals surface area contributed by atoms with Crippen molar-refractivity contribution in [2.24, 2.45) is 11.7 Å². The molecule has 0 radical (unpaired) electrons. The first-order valence-corrected chi connectivity index (χ1v) is 8.99. The number of ether oxygens (including phenoxy) is 2. The molecule has 1 aromatic rings. The van der Waals surface area contributed by atoms with E-state index in [-0.39, 0.29) is 23.3 Å². The summed E-state index contributed by atoms with van der Waals surface area (Å²) in [6.45, 7) is 1.45. The number of carbonyl (C=O) groups excluding carboxylic acids is 1. The first-order valence-electron chi connectivity index (χ1n) is 8.99. The zero-order chi connectivity index (χ0) is 19.3. The highest BCUT2D eigenvalue weighted by Gasteiger charge is 2.39. The van der Waals surface area contributed by atoms with Crippen molar-refractivity contribution in [3.05, 3.63) is 23.8 Å². The molecule has 26 heavy (non-hydrogen) atoms. The Hall–Kier alpha value is -1.89. The molecule has 1 amide bonds. The van der Waals surface area contributed by atoms with Crippen LogP contribution in [0.25, 0.3) is 0 Å². The standard InChI is InChI=1S/C19H28F2N2O3/c1-4-25-16-11-13(8-9-15(16)26-18(20)21)12-23(3)17(24)14-7-5-6-10-19(14,2)22/h8-9,11,14,18H,4-7,10,12,22H2,1-3H3. The topological polar surface area (TPSA) is 64.8 Å². The Bertz CT molecular complexity index is 623. The first kappa shape index (κ1) is 20.4. The third-order valence-electron chi connectivity index (χ3n) is 4.87. The fourth-order valence-corrected chi connectivity index (χ4v) is 3.49. The predicted octanol–water partition coefficient (Wildman–Crippen LogP) is 3.55. The lowest BCUT2D eigenvalue weighted by atomic mass is 9.74. The molecular weight excluding hydrogens is 342 g/mol. The molecule has 0 heterocycles. The van der Waals surface area contributed by atoms with Crippen LogP contribution in [0.15, 0.2) is 18.2 Å². The van der Waals surface area contributed by atoms with E-state index in [1.54, 1.807) is 31.0 Å². The minimum Gasteiger partial charge on any atom is -0.490 e. The van der Waals surface area contributed by atoms with Crippen molar-refractivity contribution in [3.63, 3.8) is 0 Å². The van der Waals surface area contributed by atoms with Crippen molar-refractivity contribution in [1.82, 2.24) is 4.90 Å². The molecule has 2 rings (SSSR count). The molecule has 1 aliphatic rings. The number of amides is 1. The fraction of sp³-hybridized carbons (Fsp3) is 0.632. The third-order valence-corrected chi connectivity index (χ3v) is 4.87. The largest absolute Gasteiger partial charge is 0.490 e. The number of alkyl halides is 2. The monoisotopic (exact) mass is 370 g/mol. The average Bonchev–Trinajstić information content (AvgIpc) is 2.56. The van der Waals surface area contributed by atoms with Crippen LogP contribution in [0, 0.1) is 5.92 Å². The Kier molecular flexibility index (Phi) is 6.81. The van der Waals surface area contributed by atoms with Crippen LogP contribution < -0.4 is 15.2 Å². The summed E-state index contributed by atoms with van der Waals surface area (Å²) in [5.74, 6) is 0.0449. The number of nitrogens with two attached hydrogens (primary N) is 1. The van der Waals surface area contributed by atoms with Crippen molar-refractivity contribution in [1.29, 1.82) is 0 Å². The Labute approximate surface area is 153 Å². The lowest BCUT2D eigenvalue weighted by Gasteiger charge is -2.39. The van der Waals surface area contributed by atoms with E-state index in [1.165, 1.54) is 6.07 Å². The van der Waals surface area contributed by atoms with E-state index in [0.29, 0.717) is 13.2 Å². The zero-order valence-corrected chi connectivity index (χ0v) is 15.6. The summed E-state index contributed by atoms with van der Waals surface area (Å²) in [6, 6.07) is 4.73. The lowest BCUT2D eigenvalue weighted by Crippen LogP contribution is -2.53. The third kappa shape index (κ3) is 5.06. The summed E-state index contributed by atoms with van der Waals surface area (Å²) in [6.07, 6.45) is 3.68. The summed E-state index contributed by atoms with van der Waals surface area (Å²) in [5.41, 5.74) is 6.62. The van der Waals surface area contributed by atoms with Crippen LogP contribution in [0.3, 0.4) is 0 Å². The number of halogens is 2. The number of hydrogen-bond acceptors (Lipinski definition) is 4. The summed E-state index contributed by atoms with van der Waals surface area (Å²) in [4.78, 5) is 14.5. The van der Waals surface area contributed by atoms with Crippen LogP contribution in [0.1, 0.15) is 45.1 Å². The molecule has 5 nitrogen and oxygen atoms in total. The van der Waals surface area contributed by atoms with Gasteiger partial charge < -0.3 is 20.1 Å². The molecule has 0 spiro atoms. The summed E-state index contributed by atoms with van der Waals surface area (Å²) >= 11 is 0. The number of carbonyl (C=O) groups is 1. The van der Waals surface area contributed by atoms with Crippen molar-refractivity contribution in [3.8, 4) is 11.5 Å². The van der Waals surface area contributed by atoms with Crippen LogP contribution in [0.5, 0.6) is 11.5 Å². The van der Waals surface area contributed by atoms with E-state index in [2.05, 4.69) is 4.74 Å². The highest BCUT2D eigenvalue weighted by Crippen LogP contribution is 2.34. The molecule has 146 valence electrons. The lowest BCUT2D eigenvalue weighted by molar-refractivity contribution is -0.138. The average molecular weight is 370 g/mol. The molecule has 1 aliphatic carbocycles. The van der Waals surface area contributed by atoms with Crippen molar-refractivity contribution < 1.29 is 23.0 Å². The Morgan fingerprint density at radius 1 is 1.38 bits per heavy atom. The second-order valence-electron chi connectivity index (χ2n) is 7.09. The van der Waals surface area contributed by atoms with Gasteiger partial charge in [0.05, 0.1) is 12.5 Å². The molecule has 1 aromatic carbocycles. The molecular formula is C19H28F2N2O3. The van der Waals surface area contributed by atoms with Gasteiger partial charge in [-0.1, -0.05) is 18.9 Å². The minimum absolute atomic E-state index is 0.0126. The molecule has 1 saturated carbocycles. The maximum atomic E-state index is 12.8. The molecule has 0 aromatic heterocycles.